The molecule has 0 saturated carbocycles. The van der Waals surface area contributed by atoms with Crippen LogP contribution in [0.25, 0.3) is 0 Å². The van der Waals surface area contributed by atoms with Crippen molar-refractivity contribution in [3.05, 3.63) is 83.4 Å². The van der Waals surface area contributed by atoms with Crippen molar-refractivity contribution in [2.24, 2.45) is 0 Å². The van der Waals surface area contributed by atoms with Crippen molar-refractivity contribution >= 4 is 45.0 Å². The van der Waals surface area contributed by atoms with Gasteiger partial charge in [-0.25, -0.2) is 13.2 Å². The highest BCUT2D eigenvalue weighted by Crippen LogP contribution is 2.26. The molecule has 35 heavy (non-hydrogen) atoms. The number of rotatable bonds is 9. The average molecular weight is 513 g/mol. The Morgan fingerprint density at radius 3 is 2.23 bits per heavy atom. The SMILES string of the molecule is CCOC(=O)c1cccc(NC(=O)CN(c2ccc(C)cc2)S(=O)(=O)c2ccc(SC)cc2)c1C. The lowest BCUT2D eigenvalue weighted by Gasteiger charge is -2.24. The van der Waals surface area contributed by atoms with Crippen LogP contribution in [0.4, 0.5) is 11.4 Å². The summed E-state index contributed by atoms with van der Waals surface area (Å²) >= 11 is 1.51. The largest absolute Gasteiger partial charge is 0.462 e. The first-order valence-electron chi connectivity index (χ1n) is 11.0. The lowest BCUT2D eigenvalue weighted by molar-refractivity contribution is -0.114. The first-order valence-corrected chi connectivity index (χ1v) is 13.6. The minimum Gasteiger partial charge on any atom is -0.462 e. The number of esters is 1. The highest BCUT2D eigenvalue weighted by Gasteiger charge is 2.27. The number of carbonyl (C=O) groups excluding carboxylic acids is 2. The van der Waals surface area contributed by atoms with Crippen LogP contribution in [-0.2, 0) is 19.6 Å². The van der Waals surface area contributed by atoms with Gasteiger partial charge in [-0.2, -0.15) is 0 Å². The van der Waals surface area contributed by atoms with E-state index in [4.69, 9.17) is 4.74 Å². The number of ether oxygens (including phenoxy) is 1. The molecule has 0 saturated heterocycles. The topological polar surface area (TPSA) is 92.8 Å². The zero-order valence-electron chi connectivity index (χ0n) is 20.1. The van der Waals surface area contributed by atoms with Gasteiger partial charge in [-0.1, -0.05) is 23.8 Å². The molecule has 0 aliphatic rings. The summed E-state index contributed by atoms with van der Waals surface area (Å²) < 4.78 is 33.3. The van der Waals surface area contributed by atoms with E-state index in [0.29, 0.717) is 22.5 Å². The number of hydrogen-bond acceptors (Lipinski definition) is 6. The maximum Gasteiger partial charge on any atom is 0.338 e. The number of amides is 1. The fourth-order valence-electron chi connectivity index (χ4n) is 3.42. The molecule has 0 aliphatic carbocycles. The van der Waals surface area contributed by atoms with Crippen LogP contribution >= 0.6 is 11.8 Å². The monoisotopic (exact) mass is 512 g/mol. The Labute approximate surface area is 210 Å². The second-order valence-electron chi connectivity index (χ2n) is 7.77. The minimum atomic E-state index is -4.03. The summed E-state index contributed by atoms with van der Waals surface area (Å²) in [4.78, 5) is 26.3. The van der Waals surface area contributed by atoms with Gasteiger partial charge in [0, 0.05) is 10.6 Å². The number of aryl methyl sites for hydroxylation is 1. The zero-order chi connectivity index (χ0) is 25.6. The molecular formula is C26H28N2O5S2. The number of benzene rings is 3. The molecule has 0 atom stereocenters. The lowest BCUT2D eigenvalue weighted by Crippen LogP contribution is -2.38. The Morgan fingerprint density at radius 1 is 0.971 bits per heavy atom. The first-order chi connectivity index (χ1) is 16.7. The molecule has 9 heteroatoms. The smallest absolute Gasteiger partial charge is 0.338 e. The Kier molecular flexibility index (Phi) is 8.58. The molecule has 0 aromatic heterocycles. The van der Waals surface area contributed by atoms with Crippen molar-refractivity contribution < 1.29 is 22.7 Å². The van der Waals surface area contributed by atoms with Gasteiger partial charge in [0.1, 0.15) is 6.54 Å². The number of anilines is 2. The van der Waals surface area contributed by atoms with E-state index in [1.165, 1.54) is 23.9 Å². The number of sulfonamides is 1. The second-order valence-corrected chi connectivity index (χ2v) is 10.5. The molecule has 7 nitrogen and oxygen atoms in total. The van der Waals surface area contributed by atoms with Crippen LogP contribution in [0.3, 0.4) is 0 Å². The Morgan fingerprint density at radius 2 is 1.63 bits per heavy atom. The Hall–Kier alpha value is -3.30. The highest BCUT2D eigenvalue weighted by atomic mass is 32.2. The van der Waals surface area contributed by atoms with Crippen LogP contribution in [0.5, 0.6) is 0 Å². The van der Waals surface area contributed by atoms with Crippen LogP contribution < -0.4 is 9.62 Å². The van der Waals surface area contributed by atoms with Gasteiger partial charge < -0.3 is 10.1 Å². The quantitative estimate of drug-likeness (QED) is 0.319. The van der Waals surface area contributed by atoms with Crippen molar-refractivity contribution in [3.8, 4) is 0 Å². The number of carbonyl (C=O) groups is 2. The number of nitrogens with one attached hydrogen (secondary N) is 1. The fourth-order valence-corrected chi connectivity index (χ4v) is 5.25. The van der Waals surface area contributed by atoms with Crippen molar-refractivity contribution in [1.82, 2.24) is 0 Å². The minimum absolute atomic E-state index is 0.0872. The molecule has 0 radical (unpaired) electrons. The maximum absolute atomic E-state index is 13.6. The van der Waals surface area contributed by atoms with E-state index in [1.54, 1.807) is 68.4 Å². The van der Waals surface area contributed by atoms with Gasteiger partial charge in [0.05, 0.1) is 22.8 Å². The molecule has 0 heterocycles. The van der Waals surface area contributed by atoms with Gasteiger partial charge in [0.15, 0.2) is 0 Å². The van der Waals surface area contributed by atoms with E-state index in [1.807, 2.05) is 13.2 Å². The normalized spacial score (nSPS) is 11.1. The predicted molar refractivity (Wildman–Crippen MR) is 140 cm³/mol. The number of thioether (sulfide) groups is 1. The highest BCUT2D eigenvalue weighted by molar-refractivity contribution is 7.98. The Bertz CT molecular complexity index is 1300. The number of hydrogen-bond donors (Lipinski definition) is 1. The lowest BCUT2D eigenvalue weighted by atomic mass is 10.1. The summed E-state index contributed by atoms with van der Waals surface area (Å²) in [5, 5.41) is 2.74. The van der Waals surface area contributed by atoms with Crippen molar-refractivity contribution in [3.63, 3.8) is 0 Å². The molecule has 3 aromatic carbocycles. The Balaban J connectivity index is 1.92. The van der Waals surface area contributed by atoms with Crippen LogP contribution in [0, 0.1) is 13.8 Å². The summed E-state index contributed by atoms with van der Waals surface area (Å²) in [6, 6.07) is 18.4. The summed E-state index contributed by atoms with van der Waals surface area (Å²) in [6.07, 6.45) is 1.91. The van der Waals surface area contributed by atoms with Crippen molar-refractivity contribution in [2.45, 2.75) is 30.6 Å². The van der Waals surface area contributed by atoms with E-state index in [-0.39, 0.29) is 11.5 Å². The number of nitrogens with zero attached hydrogens (tertiary/aromatic N) is 1. The van der Waals surface area contributed by atoms with Crippen LogP contribution in [0.1, 0.15) is 28.4 Å². The van der Waals surface area contributed by atoms with E-state index < -0.39 is 28.4 Å². The molecule has 1 amide bonds. The third-order valence-electron chi connectivity index (χ3n) is 5.36. The van der Waals surface area contributed by atoms with Crippen molar-refractivity contribution in [2.75, 3.05) is 29.0 Å². The average Bonchev–Trinajstić information content (AvgIpc) is 2.84. The van der Waals surface area contributed by atoms with Crippen LogP contribution in [-0.4, -0.2) is 39.7 Å². The molecule has 184 valence electrons. The standard InChI is InChI=1S/C26H28N2O5S2/c1-5-33-26(30)23-7-6-8-24(19(23)3)27-25(29)17-28(20-11-9-18(2)10-12-20)35(31,32)22-15-13-21(34-4)14-16-22/h6-16H,5,17H2,1-4H3,(H,27,29). The summed E-state index contributed by atoms with van der Waals surface area (Å²) in [7, 11) is -4.03. The van der Waals surface area contributed by atoms with Gasteiger partial charge in [0.2, 0.25) is 5.91 Å². The van der Waals surface area contributed by atoms with E-state index >= 15 is 0 Å². The molecular weight excluding hydrogens is 484 g/mol. The third-order valence-corrected chi connectivity index (χ3v) is 7.89. The van der Waals surface area contributed by atoms with E-state index in [2.05, 4.69) is 5.32 Å². The van der Waals surface area contributed by atoms with Gasteiger partial charge in [-0.05, 0) is 81.1 Å². The van der Waals surface area contributed by atoms with E-state index in [9.17, 15) is 18.0 Å². The molecule has 3 aromatic rings. The van der Waals surface area contributed by atoms with E-state index in [0.717, 1.165) is 14.8 Å². The summed E-state index contributed by atoms with van der Waals surface area (Å²) in [6.45, 7) is 5.10. The summed E-state index contributed by atoms with van der Waals surface area (Å²) in [5.41, 5.74) is 2.62. The predicted octanol–water partition coefficient (Wildman–Crippen LogP) is 5.04. The van der Waals surface area contributed by atoms with Crippen molar-refractivity contribution in [1.29, 1.82) is 0 Å². The molecule has 0 aliphatic heterocycles. The third kappa shape index (κ3) is 6.23. The first kappa shape index (κ1) is 26.3. The molecule has 0 spiro atoms. The van der Waals surface area contributed by atoms with Gasteiger partial charge in [0.25, 0.3) is 10.0 Å². The van der Waals surface area contributed by atoms with Gasteiger partial charge in [-0.15, -0.1) is 11.8 Å². The van der Waals surface area contributed by atoms with Gasteiger partial charge >= 0.3 is 5.97 Å². The molecule has 0 fully saturated rings. The van der Waals surface area contributed by atoms with Crippen LogP contribution in [0.15, 0.2) is 76.5 Å². The molecule has 0 unspecified atom stereocenters. The second kappa shape index (κ2) is 11.4. The molecule has 0 bridgehead atoms. The van der Waals surface area contributed by atoms with Crippen LogP contribution in [0.2, 0.25) is 0 Å². The van der Waals surface area contributed by atoms with Gasteiger partial charge in [-0.3, -0.25) is 9.10 Å². The fraction of sp³-hybridized carbons (Fsp3) is 0.231. The maximum atomic E-state index is 13.6. The molecule has 3 rings (SSSR count). The summed E-state index contributed by atoms with van der Waals surface area (Å²) in [5.74, 6) is -1.03. The zero-order valence-corrected chi connectivity index (χ0v) is 21.7. The molecule has 1 N–H and O–H groups in total.